The third-order valence-electron chi connectivity index (χ3n) is 4.17. The number of rotatable bonds is 4. The highest BCUT2D eigenvalue weighted by atomic mass is 16.2. The van der Waals surface area contributed by atoms with Gasteiger partial charge in [0, 0.05) is 30.2 Å². The number of aryl methyl sites for hydroxylation is 1. The molecule has 2 aromatic rings. The Bertz CT molecular complexity index is 588. The molecule has 0 radical (unpaired) electrons. The second-order valence-electron chi connectivity index (χ2n) is 5.58. The third kappa shape index (κ3) is 2.51. The molecule has 3 rings (SSSR count). The predicted molar refractivity (Wildman–Crippen MR) is 81.0 cm³/mol. The zero-order valence-corrected chi connectivity index (χ0v) is 11.8. The minimum Gasteiger partial charge on any atom is -0.396 e. The number of aromatic nitrogens is 1. The fourth-order valence-corrected chi connectivity index (χ4v) is 3.11. The highest BCUT2D eigenvalue weighted by molar-refractivity contribution is 5.42. The maximum atomic E-state index is 8.95. The van der Waals surface area contributed by atoms with Crippen molar-refractivity contribution in [3.8, 4) is 5.69 Å². The van der Waals surface area contributed by atoms with E-state index in [0.717, 1.165) is 25.7 Å². The predicted octanol–water partition coefficient (Wildman–Crippen LogP) is 2.74. The average molecular weight is 270 g/mol. The Kier molecular flexibility index (Phi) is 3.90. The molecule has 1 aromatic heterocycles. The van der Waals surface area contributed by atoms with Crippen LogP contribution in [0.3, 0.4) is 0 Å². The number of nitrogens with two attached hydrogens (primary N) is 1. The van der Waals surface area contributed by atoms with Gasteiger partial charge in [-0.15, -0.1) is 0 Å². The molecule has 1 aliphatic rings. The average Bonchev–Trinajstić information content (AvgIpc) is 2.91. The van der Waals surface area contributed by atoms with Crippen LogP contribution in [0.1, 0.15) is 42.1 Å². The fraction of sp³-hybridized carbons (Fsp3) is 0.412. The lowest BCUT2D eigenvalue weighted by Crippen LogP contribution is -2.17. The van der Waals surface area contributed by atoms with E-state index in [2.05, 4.69) is 41.1 Å². The highest BCUT2D eigenvalue weighted by Gasteiger charge is 2.20. The first-order valence-corrected chi connectivity index (χ1v) is 7.45. The summed E-state index contributed by atoms with van der Waals surface area (Å²) in [6.45, 7) is 0.248. The fourth-order valence-electron chi connectivity index (χ4n) is 3.11. The van der Waals surface area contributed by atoms with Gasteiger partial charge in [-0.05, 0) is 61.4 Å². The van der Waals surface area contributed by atoms with Crippen LogP contribution in [-0.2, 0) is 12.8 Å². The first-order valence-electron chi connectivity index (χ1n) is 7.45. The SMILES string of the molecule is NC1CCCc2c1ccn2-c1cccc(CCCO)c1. The lowest BCUT2D eigenvalue weighted by atomic mass is 9.93. The molecular weight excluding hydrogens is 248 g/mol. The van der Waals surface area contributed by atoms with Gasteiger partial charge < -0.3 is 15.4 Å². The van der Waals surface area contributed by atoms with Crippen LogP contribution in [0.25, 0.3) is 5.69 Å². The molecule has 0 spiro atoms. The molecule has 1 heterocycles. The molecule has 0 saturated heterocycles. The molecule has 1 aliphatic carbocycles. The maximum absolute atomic E-state index is 8.95. The number of hydrogen-bond acceptors (Lipinski definition) is 2. The Morgan fingerprint density at radius 2 is 2.20 bits per heavy atom. The van der Waals surface area contributed by atoms with E-state index in [0.29, 0.717) is 0 Å². The lowest BCUT2D eigenvalue weighted by molar-refractivity contribution is 0.288. The minimum absolute atomic E-state index is 0.192. The number of aliphatic hydroxyl groups excluding tert-OH is 1. The molecule has 0 amide bonds. The van der Waals surface area contributed by atoms with E-state index >= 15 is 0 Å². The van der Waals surface area contributed by atoms with Crippen molar-refractivity contribution < 1.29 is 5.11 Å². The molecule has 1 aromatic carbocycles. The Balaban J connectivity index is 1.93. The van der Waals surface area contributed by atoms with Crippen molar-refractivity contribution in [2.24, 2.45) is 5.73 Å². The molecule has 3 N–H and O–H groups in total. The Labute approximate surface area is 120 Å². The van der Waals surface area contributed by atoms with Gasteiger partial charge in [0.1, 0.15) is 0 Å². The molecule has 0 aliphatic heterocycles. The summed E-state index contributed by atoms with van der Waals surface area (Å²) in [5, 5.41) is 8.95. The van der Waals surface area contributed by atoms with E-state index in [-0.39, 0.29) is 12.6 Å². The zero-order valence-electron chi connectivity index (χ0n) is 11.8. The summed E-state index contributed by atoms with van der Waals surface area (Å²) in [4.78, 5) is 0. The summed E-state index contributed by atoms with van der Waals surface area (Å²) in [7, 11) is 0. The standard InChI is InChI=1S/C17H22N2O/c18-16-7-2-8-17-15(16)9-10-19(17)14-6-1-4-13(12-14)5-3-11-20/h1,4,6,9-10,12,16,20H,2-3,5,7-8,11,18H2. The summed E-state index contributed by atoms with van der Waals surface area (Å²) in [5.41, 5.74) is 11.3. The Morgan fingerprint density at radius 3 is 3.05 bits per heavy atom. The molecule has 0 fully saturated rings. The number of benzene rings is 1. The smallest absolute Gasteiger partial charge is 0.0455 e. The van der Waals surface area contributed by atoms with Crippen molar-refractivity contribution >= 4 is 0 Å². The lowest BCUT2D eigenvalue weighted by Gasteiger charge is -2.21. The van der Waals surface area contributed by atoms with Crippen LogP contribution in [0.2, 0.25) is 0 Å². The van der Waals surface area contributed by atoms with Gasteiger partial charge in [0.2, 0.25) is 0 Å². The summed E-state index contributed by atoms with van der Waals surface area (Å²) in [6.07, 6.45) is 7.25. The Morgan fingerprint density at radius 1 is 1.30 bits per heavy atom. The molecule has 106 valence electrons. The summed E-state index contributed by atoms with van der Waals surface area (Å²) in [6, 6.07) is 10.9. The minimum atomic E-state index is 0.192. The van der Waals surface area contributed by atoms with Crippen LogP contribution < -0.4 is 5.73 Å². The second-order valence-corrected chi connectivity index (χ2v) is 5.58. The van der Waals surface area contributed by atoms with Crippen LogP contribution in [0.5, 0.6) is 0 Å². The molecule has 1 atom stereocenters. The van der Waals surface area contributed by atoms with Crippen molar-refractivity contribution in [3.05, 3.63) is 53.3 Å². The molecule has 3 heteroatoms. The highest BCUT2D eigenvalue weighted by Crippen LogP contribution is 2.30. The summed E-state index contributed by atoms with van der Waals surface area (Å²) >= 11 is 0. The van der Waals surface area contributed by atoms with Crippen LogP contribution in [-0.4, -0.2) is 16.3 Å². The quantitative estimate of drug-likeness (QED) is 0.897. The van der Waals surface area contributed by atoms with Crippen molar-refractivity contribution in [1.29, 1.82) is 0 Å². The van der Waals surface area contributed by atoms with Gasteiger partial charge in [-0.1, -0.05) is 12.1 Å². The topological polar surface area (TPSA) is 51.2 Å². The normalized spacial score (nSPS) is 18.0. The monoisotopic (exact) mass is 270 g/mol. The third-order valence-corrected chi connectivity index (χ3v) is 4.17. The number of hydrogen-bond donors (Lipinski definition) is 2. The molecule has 3 nitrogen and oxygen atoms in total. The van der Waals surface area contributed by atoms with Gasteiger partial charge in [-0.3, -0.25) is 0 Å². The van der Waals surface area contributed by atoms with Crippen molar-refractivity contribution in [2.75, 3.05) is 6.61 Å². The van der Waals surface area contributed by atoms with Crippen LogP contribution in [0, 0.1) is 0 Å². The van der Waals surface area contributed by atoms with Gasteiger partial charge >= 0.3 is 0 Å². The summed E-state index contributed by atoms with van der Waals surface area (Å²) in [5.74, 6) is 0. The molecule has 20 heavy (non-hydrogen) atoms. The van der Waals surface area contributed by atoms with E-state index in [4.69, 9.17) is 10.8 Å². The number of fused-ring (bicyclic) bond motifs is 1. The maximum Gasteiger partial charge on any atom is 0.0455 e. The second kappa shape index (κ2) is 5.81. The van der Waals surface area contributed by atoms with Gasteiger partial charge in [0.25, 0.3) is 0 Å². The zero-order chi connectivity index (χ0) is 13.9. The van der Waals surface area contributed by atoms with Crippen molar-refractivity contribution in [1.82, 2.24) is 4.57 Å². The Hall–Kier alpha value is -1.58. The van der Waals surface area contributed by atoms with Gasteiger partial charge in [-0.2, -0.15) is 0 Å². The van der Waals surface area contributed by atoms with E-state index in [9.17, 15) is 0 Å². The van der Waals surface area contributed by atoms with E-state index in [1.165, 1.54) is 28.9 Å². The molecule has 1 unspecified atom stereocenters. The molecular formula is C17H22N2O. The van der Waals surface area contributed by atoms with E-state index in [1.54, 1.807) is 0 Å². The van der Waals surface area contributed by atoms with Crippen molar-refractivity contribution in [3.63, 3.8) is 0 Å². The number of nitrogens with zero attached hydrogens (tertiary/aromatic N) is 1. The van der Waals surface area contributed by atoms with Crippen LogP contribution in [0.4, 0.5) is 0 Å². The number of aliphatic hydroxyl groups is 1. The largest absolute Gasteiger partial charge is 0.396 e. The van der Waals surface area contributed by atoms with E-state index in [1.807, 2.05) is 0 Å². The van der Waals surface area contributed by atoms with Gasteiger partial charge in [0.15, 0.2) is 0 Å². The van der Waals surface area contributed by atoms with Gasteiger partial charge in [-0.25, -0.2) is 0 Å². The molecule has 0 saturated carbocycles. The summed E-state index contributed by atoms with van der Waals surface area (Å²) < 4.78 is 2.27. The van der Waals surface area contributed by atoms with Crippen molar-refractivity contribution in [2.45, 2.75) is 38.1 Å². The molecule has 0 bridgehead atoms. The van der Waals surface area contributed by atoms with E-state index < -0.39 is 0 Å². The van der Waals surface area contributed by atoms with Gasteiger partial charge in [0.05, 0.1) is 0 Å². The first-order chi connectivity index (χ1) is 9.79. The van der Waals surface area contributed by atoms with Crippen LogP contribution in [0.15, 0.2) is 36.5 Å². The van der Waals surface area contributed by atoms with Crippen LogP contribution >= 0.6 is 0 Å². The first kappa shape index (κ1) is 13.4.